The first-order chi connectivity index (χ1) is 31.0. The molecule has 0 aliphatic heterocycles. The highest BCUT2D eigenvalue weighted by Crippen LogP contribution is 2.16. The van der Waals surface area contributed by atoms with Crippen LogP contribution in [-0.2, 0) is 28.6 Å². The Bertz CT molecular complexity index is 1110. The summed E-state index contributed by atoms with van der Waals surface area (Å²) in [5, 5.41) is 0. The molecule has 0 aliphatic rings. The quantitative estimate of drug-likeness (QED) is 0.0262. The highest BCUT2D eigenvalue weighted by Gasteiger charge is 2.19. The highest BCUT2D eigenvalue weighted by molar-refractivity contribution is 5.71. The number of hydrogen-bond acceptors (Lipinski definition) is 6. The van der Waals surface area contributed by atoms with Gasteiger partial charge in [-0.2, -0.15) is 0 Å². The maximum Gasteiger partial charge on any atom is 0.306 e. The molecule has 0 rings (SSSR count). The third-order valence-corrected chi connectivity index (χ3v) is 11.8. The molecule has 63 heavy (non-hydrogen) atoms. The van der Waals surface area contributed by atoms with Crippen molar-refractivity contribution in [2.24, 2.45) is 0 Å². The molecule has 0 aromatic heterocycles. The molecule has 1 atom stereocenters. The van der Waals surface area contributed by atoms with Gasteiger partial charge >= 0.3 is 17.9 Å². The lowest BCUT2D eigenvalue weighted by Crippen LogP contribution is -2.30. The summed E-state index contributed by atoms with van der Waals surface area (Å²) in [5.74, 6) is -0.870. The number of unbranched alkanes of at least 4 members (excludes halogenated alkanes) is 30. The van der Waals surface area contributed by atoms with Crippen LogP contribution in [0.2, 0.25) is 0 Å². The SMILES string of the molecule is CC/C=C\C/C=C\C/C=C\C/C=C\CCCCCCCCCCC(=O)OCC(COC(=O)CCCCCCCCCCCC)OC(=O)CCCCCCCCCCCCCCCC. The van der Waals surface area contributed by atoms with Gasteiger partial charge in [-0.05, 0) is 57.8 Å². The van der Waals surface area contributed by atoms with Crippen molar-refractivity contribution in [2.45, 2.75) is 284 Å². The fraction of sp³-hybridized carbons (Fsp3) is 0.807. The van der Waals surface area contributed by atoms with Crippen LogP contribution in [0.1, 0.15) is 278 Å². The van der Waals surface area contributed by atoms with Crippen molar-refractivity contribution in [3.05, 3.63) is 48.6 Å². The normalized spacial score (nSPS) is 12.4. The van der Waals surface area contributed by atoms with Crippen molar-refractivity contribution in [3.8, 4) is 0 Å². The molecule has 0 aromatic carbocycles. The number of allylic oxidation sites excluding steroid dienone is 8. The molecule has 1 unspecified atom stereocenters. The van der Waals surface area contributed by atoms with Gasteiger partial charge in [0.25, 0.3) is 0 Å². The number of hydrogen-bond donors (Lipinski definition) is 0. The van der Waals surface area contributed by atoms with Gasteiger partial charge in [0.05, 0.1) is 0 Å². The Morgan fingerprint density at radius 2 is 0.619 bits per heavy atom. The number of carbonyl (C=O) groups excluding carboxylic acids is 3. The van der Waals surface area contributed by atoms with E-state index in [9.17, 15) is 14.4 Å². The van der Waals surface area contributed by atoms with E-state index in [4.69, 9.17) is 14.2 Å². The molecule has 366 valence electrons. The van der Waals surface area contributed by atoms with E-state index in [0.29, 0.717) is 19.3 Å². The minimum Gasteiger partial charge on any atom is -0.462 e. The zero-order valence-electron chi connectivity index (χ0n) is 41.8. The minimum absolute atomic E-state index is 0.0716. The molecular formula is C57H102O6. The average Bonchev–Trinajstić information content (AvgIpc) is 3.28. The summed E-state index contributed by atoms with van der Waals surface area (Å²) >= 11 is 0. The fourth-order valence-electron chi connectivity index (χ4n) is 7.79. The van der Waals surface area contributed by atoms with Crippen LogP contribution in [0.3, 0.4) is 0 Å². The second-order valence-electron chi connectivity index (χ2n) is 18.1. The molecule has 0 amide bonds. The van der Waals surface area contributed by atoms with Gasteiger partial charge in [-0.15, -0.1) is 0 Å². The van der Waals surface area contributed by atoms with Crippen molar-refractivity contribution in [3.63, 3.8) is 0 Å². The first-order valence-electron chi connectivity index (χ1n) is 27.1. The minimum atomic E-state index is -0.771. The van der Waals surface area contributed by atoms with E-state index >= 15 is 0 Å². The second kappa shape index (κ2) is 52.0. The lowest BCUT2D eigenvalue weighted by Gasteiger charge is -2.18. The van der Waals surface area contributed by atoms with Gasteiger partial charge in [-0.3, -0.25) is 14.4 Å². The summed E-state index contributed by atoms with van der Waals surface area (Å²) < 4.78 is 16.8. The third kappa shape index (κ3) is 50.2. The van der Waals surface area contributed by atoms with Crippen LogP contribution in [0.25, 0.3) is 0 Å². The average molecular weight is 883 g/mol. The maximum atomic E-state index is 12.8. The lowest BCUT2D eigenvalue weighted by atomic mass is 10.0. The van der Waals surface area contributed by atoms with Crippen LogP contribution in [0.15, 0.2) is 48.6 Å². The summed E-state index contributed by atoms with van der Waals surface area (Å²) in [7, 11) is 0. The first kappa shape index (κ1) is 60.4. The Hall–Kier alpha value is -2.63. The molecule has 6 heteroatoms. The van der Waals surface area contributed by atoms with Crippen molar-refractivity contribution in [1.82, 2.24) is 0 Å². The smallest absolute Gasteiger partial charge is 0.306 e. The Kier molecular flexibility index (Phi) is 49.8. The van der Waals surface area contributed by atoms with Crippen LogP contribution in [0.4, 0.5) is 0 Å². The van der Waals surface area contributed by atoms with E-state index < -0.39 is 6.10 Å². The summed E-state index contributed by atoms with van der Waals surface area (Å²) in [5.41, 5.74) is 0. The Morgan fingerprint density at radius 3 is 0.968 bits per heavy atom. The van der Waals surface area contributed by atoms with Crippen molar-refractivity contribution < 1.29 is 28.6 Å². The maximum absolute atomic E-state index is 12.8. The molecule has 0 aliphatic carbocycles. The van der Waals surface area contributed by atoms with Crippen LogP contribution in [0.5, 0.6) is 0 Å². The predicted molar refractivity (Wildman–Crippen MR) is 270 cm³/mol. The van der Waals surface area contributed by atoms with Crippen molar-refractivity contribution in [2.75, 3.05) is 13.2 Å². The first-order valence-corrected chi connectivity index (χ1v) is 27.1. The molecule has 0 spiro atoms. The standard InChI is InChI=1S/C57H102O6/c1-4-7-10-13-16-19-22-24-26-27-28-29-30-31-32-34-35-38-41-44-47-50-56(59)62-53-54(52-61-55(58)49-46-43-40-37-21-18-15-12-9-6-3)63-57(60)51-48-45-42-39-36-33-25-23-20-17-14-11-8-5-2/h7,10,16,19,24,26,28-29,54H,4-6,8-9,11-15,17-18,20-23,25,27,30-53H2,1-3H3/b10-7-,19-16-,26-24-,29-28-. The van der Waals surface area contributed by atoms with Gasteiger partial charge < -0.3 is 14.2 Å². The molecule has 0 fully saturated rings. The predicted octanol–water partition coefficient (Wildman–Crippen LogP) is 17.9. The van der Waals surface area contributed by atoms with Gasteiger partial charge in [-0.25, -0.2) is 0 Å². The van der Waals surface area contributed by atoms with Crippen LogP contribution in [0, 0.1) is 0 Å². The fourth-order valence-corrected chi connectivity index (χ4v) is 7.79. The van der Waals surface area contributed by atoms with E-state index in [1.807, 2.05) is 0 Å². The Morgan fingerprint density at radius 1 is 0.333 bits per heavy atom. The van der Waals surface area contributed by atoms with Crippen LogP contribution in [-0.4, -0.2) is 37.2 Å². The molecule has 0 heterocycles. The summed E-state index contributed by atoms with van der Waals surface area (Å²) in [6.45, 7) is 6.53. The third-order valence-electron chi connectivity index (χ3n) is 11.8. The molecule has 6 nitrogen and oxygen atoms in total. The zero-order chi connectivity index (χ0) is 45.8. The molecule has 0 radical (unpaired) electrons. The second-order valence-corrected chi connectivity index (χ2v) is 18.1. The van der Waals surface area contributed by atoms with E-state index in [-0.39, 0.29) is 31.1 Å². The van der Waals surface area contributed by atoms with Gasteiger partial charge in [0.1, 0.15) is 13.2 Å². The van der Waals surface area contributed by atoms with Crippen LogP contribution < -0.4 is 0 Å². The van der Waals surface area contributed by atoms with Gasteiger partial charge in [0.2, 0.25) is 0 Å². The Balaban J connectivity index is 4.29. The number of carbonyl (C=O) groups is 3. The van der Waals surface area contributed by atoms with Crippen molar-refractivity contribution in [1.29, 1.82) is 0 Å². The van der Waals surface area contributed by atoms with Gasteiger partial charge in [0, 0.05) is 19.3 Å². The monoisotopic (exact) mass is 883 g/mol. The van der Waals surface area contributed by atoms with E-state index in [2.05, 4.69) is 69.4 Å². The van der Waals surface area contributed by atoms with Crippen molar-refractivity contribution >= 4 is 17.9 Å². The molecular weight excluding hydrogens is 781 g/mol. The molecule has 0 N–H and O–H groups in total. The van der Waals surface area contributed by atoms with E-state index in [1.54, 1.807) is 0 Å². The summed E-state index contributed by atoms with van der Waals surface area (Å²) in [6.07, 6.45) is 62.4. The molecule has 0 saturated heterocycles. The zero-order valence-corrected chi connectivity index (χ0v) is 41.8. The van der Waals surface area contributed by atoms with Crippen LogP contribution >= 0.6 is 0 Å². The molecule has 0 saturated carbocycles. The molecule has 0 bridgehead atoms. The molecule has 0 aromatic rings. The largest absolute Gasteiger partial charge is 0.462 e. The highest BCUT2D eigenvalue weighted by atomic mass is 16.6. The number of ether oxygens (including phenoxy) is 3. The van der Waals surface area contributed by atoms with E-state index in [1.165, 1.54) is 148 Å². The number of esters is 3. The Labute approximate surface area is 390 Å². The summed E-state index contributed by atoms with van der Waals surface area (Å²) in [4.78, 5) is 38.0. The topological polar surface area (TPSA) is 78.9 Å². The van der Waals surface area contributed by atoms with Gasteiger partial charge in [-0.1, -0.05) is 249 Å². The van der Waals surface area contributed by atoms with Gasteiger partial charge in [0.15, 0.2) is 6.10 Å². The summed E-state index contributed by atoms with van der Waals surface area (Å²) in [6, 6.07) is 0. The lowest BCUT2D eigenvalue weighted by molar-refractivity contribution is -0.167. The number of rotatable bonds is 49. The van der Waals surface area contributed by atoms with E-state index in [0.717, 1.165) is 89.9 Å².